The molecule has 0 aliphatic carbocycles. The van der Waals surface area contributed by atoms with Crippen molar-refractivity contribution in [1.29, 1.82) is 0 Å². The zero-order valence-corrected chi connectivity index (χ0v) is 18.8. The summed E-state index contributed by atoms with van der Waals surface area (Å²) in [6.45, 7) is 6.08. The van der Waals surface area contributed by atoms with E-state index >= 15 is 4.39 Å². The van der Waals surface area contributed by atoms with Gasteiger partial charge in [0.05, 0.1) is 6.61 Å². The van der Waals surface area contributed by atoms with Gasteiger partial charge in [-0.2, -0.15) is 0 Å². The predicted octanol–water partition coefficient (Wildman–Crippen LogP) is 3.99. The lowest BCUT2D eigenvalue weighted by molar-refractivity contribution is -0.159. The largest absolute Gasteiger partial charge is 0.462 e. The number of hydrogen-bond acceptors (Lipinski definition) is 6. The molecule has 9 heteroatoms. The summed E-state index contributed by atoms with van der Waals surface area (Å²) in [7, 11) is 0. The van der Waals surface area contributed by atoms with E-state index in [0.717, 1.165) is 0 Å². The summed E-state index contributed by atoms with van der Waals surface area (Å²) < 4.78 is 25.3. The molecule has 1 heterocycles. The van der Waals surface area contributed by atoms with Crippen LogP contribution in [0.4, 0.5) is 14.0 Å². The quantitative estimate of drug-likeness (QED) is 0.384. The van der Waals surface area contributed by atoms with Gasteiger partial charge < -0.3 is 9.47 Å². The molecule has 3 rings (SSSR count). The lowest BCUT2D eigenvalue weighted by Gasteiger charge is -2.35. The van der Waals surface area contributed by atoms with Gasteiger partial charge in [0.2, 0.25) is 0 Å². The van der Waals surface area contributed by atoms with Crippen molar-refractivity contribution < 1.29 is 33.0 Å². The molecule has 174 valence electrons. The number of alkyl halides is 1. The number of hydrogen-bond donors (Lipinski definition) is 0. The normalized spacial score (nSPS) is 16.5. The van der Waals surface area contributed by atoms with Gasteiger partial charge in [-0.05, 0) is 38.8 Å². The summed E-state index contributed by atoms with van der Waals surface area (Å²) in [4.78, 5) is 53.4. The molecule has 1 saturated heterocycles. The van der Waals surface area contributed by atoms with Gasteiger partial charge in [0.15, 0.2) is 5.54 Å². The topological polar surface area (TPSA) is 93.2 Å². The highest BCUT2D eigenvalue weighted by atomic mass is 19.1. The van der Waals surface area contributed by atoms with Crippen LogP contribution >= 0.6 is 0 Å². The van der Waals surface area contributed by atoms with E-state index in [-0.39, 0.29) is 22.6 Å². The monoisotopic (exact) mass is 456 g/mol. The fraction of sp³-hybridized carbons (Fsp3) is 0.333. The summed E-state index contributed by atoms with van der Waals surface area (Å²) in [5.74, 6) is -2.53. The van der Waals surface area contributed by atoms with Gasteiger partial charge in [-0.1, -0.05) is 60.7 Å². The number of esters is 1. The number of rotatable bonds is 5. The third kappa shape index (κ3) is 4.18. The van der Waals surface area contributed by atoms with Crippen LogP contribution < -0.4 is 0 Å². The maximum Gasteiger partial charge on any atom is 0.420 e. The van der Waals surface area contributed by atoms with E-state index in [0.29, 0.717) is 4.90 Å². The van der Waals surface area contributed by atoms with Crippen molar-refractivity contribution in [2.45, 2.75) is 45.1 Å². The maximum absolute atomic E-state index is 15.2. The SMILES string of the molecule is CCOC(=O)C(F)N1C(=O)N(C(=O)OC(C)(C)C)C(c2ccccc2)(c2ccccc2)C1=O. The second-order valence-electron chi connectivity index (χ2n) is 8.30. The predicted molar refractivity (Wildman–Crippen MR) is 116 cm³/mol. The Morgan fingerprint density at radius 2 is 1.45 bits per heavy atom. The van der Waals surface area contributed by atoms with Crippen LogP contribution in [-0.2, 0) is 24.6 Å². The molecule has 0 radical (unpaired) electrons. The smallest absolute Gasteiger partial charge is 0.420 e. The van der Waals surface area contributed by atoms with Gasteiger partial charge in [-0.3, -0.25) is 4.79 Å². The van der Waals surface area contributed by atoms with Crippen LogP contribution in [0.2, 0.25) is 0 Å². The van der Waals surface area contributed by atoms with Crippen molar-refractivity contribution in [2.75, 3.05) is 6.61 Å². The molecule has 0 aromatic heterocycles. The lowest BCUT2D eigenvalue weighted by atomic mass is 9.81. The second kappa shape index (κ2) is 9.01. The number of amides is 4. The molecule has 2 aromatic rings. The van der Waals surface area contributed by atoms with Gasteiger partial charge in [0, 0.05) is 0 Å². The molecule has 1 fully saturated rings. The van der Waals surface area contributed by atoms with E-state index in [9.17, 15) is 19.2 Å². The summed E-state index contributed by atoms with van der Waals surface area (Å²) in [5.41, 5.74) is -2.68. The van der Waals surface area contributed by atoms with E-state index in [1.54, 1.807) is 57.2 Å². The standard InChI is InChI=1S/C24H25FN2O6/c1-5-32-19(28)18(25)26-20(29)24(16-12-8-6-9-13-16,17-14-10-7-11-15-17)27(21(26)30)22(31)33-23(2,3)4/h6-15,18H,5H2,1-4H3. The van der Waals surface area contributed by atoms with Gasteiger partial charge in [-0.15, -0.1) is 0 Å². The zero-order chi connectivity index (χ0) is 24.4. The molecule has 33 heavy (non-hydrogen) atoms. The van der Waals surface area contributed by atoms with Crippen molar-refractivity contribution in [3.63, 3.8) is 0 Å². The molecule has 0 saturated carbocycles. The highest BCUT2D eigenvalue weighted by Crippen LogP contribution is 2.45. The van der Waals surface area contributed by atoms with Crippen LogP contribution in [0.25, 0.3) is 0 Å². The first kappa shape index (κ1) is 23.9. The van der Waals surface area contributed by atoms with E-state index < -0.39 is 41.4 Å². The van der Waals surface area contributed by atoms with Crippen LogP contribution in [0, 0.1) is 0 Å². The molecular weight excluding hydrogens is 431 g/mol. The van der Waals surface area contributed by atoms with E-state index in [2.05, 4.69) is 4.74 Å². The highest BCUT2D eigenvalue weighted by Gasteiger charge is 2.65. The average molecular weight is 456 g/mol. The van der Waals surface area contributed by atoms with Gasteiger partial charge in [0.1, 0.15) is 5.60 Å². The zero-order valence-electron chi connectivity index (χ0n) is 18.8. The van der Waals surface area contributed by atoms with Gasteiger partial charge in [-0.25, -0.2) is 28.6 Å². The van der Waals surface area contributed by atoms with Crippen LogP contribution in [0.15, 0.2) is 60.7 Å². The lowest BCUT2D eigenvalue weighted by Crippen LogP contribution is -2.52. The number of ether oxygens (including phenoxy) is 2. The van der Waals surface area contributed by atoms with Gasteiger partial charge >= 0.3 is 18.1 Å². The van der Waals surface area contributed by atoms with E-state index in [1.165, 1.54) is 31.2 Å². The Labute approximate surface area is 190 Å². The molecule has 8 nitrogen and oxygen atoms in total. The van der Waals surface area contributed by atoms with E-state index in [4.69, 9.17) is 4.74 Å². The van der Waals surface area contributed by atoms with Crippen molar-refractivity contribution >= 4 is 24.0 Å². The Hall–Kier alpha value is -3.75. The molecule has 1 atom stereocenters. The molecular formula is C24H25FN2O6. The average Bonchev–Trinajstić information content (AvgIpc) is 3.00. The van der Waals surface area contributed by atoms with Crippen molar-refractivity contribution in [2.24, 2.45) is 0 Å². The Balaban J connectivity index is 2.30. The van der Waals surface area contributed by atoms with Crippen molar-refractivity contribution in [3.05, 3.63) is 71.8 Å². The molecule has 1 aliphatic heterocycles. The summed E-state index contributed by atoms with van der Waals surface area (Å²) in [6, 6.07) is 14.7. The number of carbonyl (C=O) groups excluding carboxylic acids is 4. The first-order valence-electron chi connectivity index (χ1n) is 10.4. The Kier molecular flexibility index (Phi) is 6.53. The molecule has 1 aliphatic rings. The minimum Gasteiger partial charge on any atom is -0.462 e. The maximum atomic E-state index is 15.2. The molecule has 1 unspecified atom stereocenters. The van der Waals surface area contributed by atoms with Crippen LogP contribution in [0.1, 0.15) is 38.8 Å². The van der Waals surface area contributed by atoms with E-state index in [1.807, 2.05) is 0 Å². The summed E-state index contributed by atoms with van der Waals surface area (Å²) in [6.07, 6.45) is -3.91. The van der Waals surface area contributed by atoms with Crippen molar-refractivity contribution in [1.82, 2.24) is 9.80 Å². The first-order chi connectivity index (χ1) is 15.6. The minimum absolute atomic E-state index is 0.113. The third-order valence-corrected chi connectivity index (χ3v) is 4.93. The van der Waals surface area contributed by atoms with Crippen LogP contribution in [0.3, 0.4) is 0 Å². The first-order valence-corrected chi connectivity index (χ1v) is 10.4. The third-order valence-electron chi connectivity index (χ3n) is 4.93. The molecule has 0 bridgehead atoms. The summed E-state index contributed by atoms with van der Waals surface area (Å²) >= 11 is 0. The molecule has 0 spiro atoms. The molecule has 0 N–H and O–H groups in total. The number of benzene rings is 2. The van der Waals surface area contributed by atoms with Crippen LogP contribution in [-0.4, -0.2) is 52.3 Å². The Bertz CT molecular complexity index is 1010. The minimum atomic E-state index is -2.75. The van der Waals surface area contributed by atoms with Gasteiger partial charge in [0.25, 0.3) is 12.2 Å². The number of urea groups is 1. The fourth-order valence-electron chi connectivity index (χ4n) is 3.68. The number of nitrogens with zero attached hydrogens (tertiary/aromatic N) is 2. The Morgan fingerprint density at radius 1 is 0.970 bits per heavy atom. The Morgan fingerprint density at radius 3 is 1.88 bits per heavy atom. The number of carbonyl (C=O) groups is 4. The fourth-order valence-corrected chi connectivity index (χ4v) is 3.68. The number of halogens is 1. The number of imide groups is 2. The summed E-state index contributed by atoms with van der Waals surface area (Å²) in [5, 5.41) is 0. The second-order valence-corrected chi connectivity index (χ2v) is 8.30. The molecule has 2 aromatic carbocycles. The van der Waals surface area contributed by atoms with Crippen LogP contribution in [0.5, 0.6) is 0 Å². The highest BCUT2D eigenvalue weighted by molar-refractivity contribution is 6.16. The van der Waals surface area contributed by atoms with Crippen molar-refractivity contribution in [3.8, 4) is 0 Å². The molecule has 4 amide bonds.